The molecular weight excluding hydrogens is 342 g/mol. The maximum absolute atomic E-state index is 12.3. The van der Waals surface area contributed by atoms with Gasteiger partial charge in [0, 0.05) is 30.8 Å². The fourth-order valence-electron chi connectivity index (χ4n) is 2.51. The molecule has 0 fully saturated rings. The lowest BCUT2D eigenvalue weighted by molar-refractivity contribution is -0.133. The van der Waals surface area contributed by atoms with Gasteiger partial charge < -0.3 is 15.5 Å². The van der Waals surface area contributed by atoms with Crippen molar-refractivity contribution in [1.82, 2.24) is 10.2 Å². The van der Waals surface area contributed by atoms with Gasteiger partial charge in [-0.3, -0.25) is 14.4 Å². The topological polar surface area (TPSA) is 78.5 Å². The molecule has 1 atom stereocenters. The summed E-state index contributed by atoms with van der Waals surface area (Å²) in [7, 11) is 1.57. The molecule has 2 rings (SSSR count). The highest BCUT2D eigenvalue weighted by Crippen LogP contribution is 2.08. The molecule has 0 radical (unpaired) electrons. The Balaban J connectivity index is 1.79. The van der Waals surface area contributed by atoms with Gasteiger partial charge in [-0.25, -0.2) is 0 Å². The van der Waals surface area contributed by atoms with Gasteiger partial charge in [-0.15, -0.1) is 0 Å². The maximum atomic E-state index is 12.3. The number of nitrogens with one attached hydrogen (secondary N) is 2. The fraction of sp³-hybridized carbons (Fsp3) is 0.286. The Labute approximate surface area is 159 Å². The molecule has 2 N–H and O–H groups in total. The highest BCUT2D eigenvalue weighted by Gasteiger charge is 2.18. The Morgan fingerprint density at radius 1 is 1.00 bits per heavy atom. The van der Waals surface area contributed by atoms with Crippen LogP contribution in [0.5, 0.6) is 0 Å². The first-order chi connectivity index (χ1) is 12.8. The van der Waals surface area contributed by atoms with Crippen LogP contribution in [0.15, 0.2) is 54.6 Å². The third-order valence-electron chi connectivity index (χ3n) is 4.04. The number of anilines is 1. The van der Waals surface area contributed by atoms with E-state index in [0.717, 1.165) is 5.56 Å². The Morgan fingerprint density at radius 2 is 1.63 bits per heavy atom. The first-order valence-corrected chi connectivity index (χ1v) is 8.81. The van der Waals surface area contributed by atoms with Crippen molar-refractivity contribution in [2.24, 2.45) is 0 Å². The molecule has 0 aromatic heterocycles. The Bertz CT molecular complexity index is 788. The number of rotatable bonds is 7. The zero-order valence-corrected chi connectivity index (χ0v) is 15.9. The molecule has 0 spiro atoms. The molecule has 2 aromatic carbocycles. The lowest BCUT2D eigenvalue weighted by Crippen LogP contribution is -2.40. The Morgan fingerprint density at radius 3 is 2.26 bits per heavy atom. The molecule has 0 aliphatic rings. The predicted octanol–water partition coefficient (Wildman–Crippen LogP) is 2.60. The highest BCUT2D eigenvalue weighted by atomic mass is 16.2. The lowest BCUT2D eigenvalue weighted by Gasteiger charge is -2.20. The second-order valence-corrected chi connectivity index (χ2v) is 6.61. The quantitative estimate of drug-likeness (QED) is 0.790. The molecule has 0 aliphatic heterocycles. The van der Waals surface area contributed by atoms with Crippen molar-refractivity contribution < 1.29 is 14.4 Å². The minimum Gasteiger partial charge on any atom is -0.349 e. The largest absolute Gasteiger partial charge is 0.349 e. The van der Waals surface area contributed by atoms with E-state index in [2.05, 4.69) is 10.6 Å². The molecule has 3 amide bonds. The summed E-state index contributed by atoms with van der Waals surface area (Å²) in [6.07, 6.45) is 0.118. The van der Waals surface area contributed by atoms with Crippen LogP contribution < -0.4 is 10.6 Å². The first kappa shape index (κ1) is 20.2. The van der Waals surface area contributed by atoms with E-state index in [0.29, 0.717) is 11.3 Å². The monoisotopic (exact) mass is 367 g/mol. The summed E-state index contributed by atoms with van der Waals surface area (Å²) in [4.78, 5) is 37.9. The number of benzene rings is 2. The number of aryl methyl sites for hydroxylation is 1. The molecule has 6 nitrogen and oxygen atoms in total. The molecular formula is C21H25N3O3. The van der Waals surface area contributed by atoms with E-state index in [1.165, 1.54) is 4.90 Å². The van der Waals surface area contributed by atoms with E-state index in [4.69, 9.17) is 0 Å². The van der Waals surface area contributed by atoms with E-state index in [1.54, 1.807) is 38.2 Å². The van der Waals surface area contributed by atoms with Crippen LogP contribution in [0.3, 0.4) is 0 Å². The molecule has 0 bridgehead atoms. The van der Waals surface area contributed by atoms with Crippen LogP contribution >= 0.6 is 0 Å². The van der Waals surface area contributed by atoms with E-state index in [-0.39, 0.29) is 36.7 Å². The van der Waals surface area contributed by atoms with Crippen molar-refractivity contribution in [3.05, 3.63) is 65.7 Å². The predicted molar refractivity (Wildman–Crippen MR) is 105 cm³/mol. The average Bonchev–Trinajstić information content (AvgIpc) is 2.64. The summed E-state index contributed by atoms with van der Waals surface area (Å²) >= 11 is 0. The second-order valence-electron chi connectivity index (χ2n) is 6.61. The number of hydrogen-bond acceptors (Lipinski definition) is 3. The standard InChI is InChI=1S/C21H25N3O3/c1-15-9-11-18(12-10-15)23-19(25)14-24(3)20(26)13-16(2)22-21(27)17-7-5-4-6-8-17/h4-12,16H,13-14H2,1-3H3,(H,22,27)(H,23,25)/t16-/m0/s1. The number of nitrogens with zero attached hydrogens (tertiary/aromatic N) is 1. The van der Waals surface area contributed by atoms with E-state index in [9.17, 15) is 14.4 Å². The van der Waals surface area contributed by atoms with Crippen molar-refractivity contribution in [2.45, 2.75) is 26.3 Å². The van der Waals surface area contributed by atoms with Gasteiger partial charge in [-0.2, -0.15) is 0 Å². The SMILES string of the molecule is Cc1ccc(NC(=O)CN(C)C(=O)C[C@H](C)NC(=O)c2ccccc2)cc1. The number of carbonyl (C=O) groups is 3. The number of amides is 3. The summed E-state index contributed by atoms with van der Waals surface area (Å²) in [6, 6.07) is 15.9. The Kier molecular flexibility index (Phi) is 7.11. The molecule has 142 valence electrons. The highest BCUT2D eigenvalue weighted by molar-refractivity contribution is 5.95. The summed E-state index contributed by atoms with van der Waals surface area (Å²) in [5.74, 6) is -0.707. The van der Waals surface area contributed by atoms with Gasteiger partial charge in [-0.05, 0) is 38.1 Å². The Hall–Kier alpha value is -3.15. The summed E-state index contributed by atoms with van der Waals surface area (Å²) < 4.78 is 0. The van der Waals surface area contributed by atoms with Crippen molar-refractivity contribution in [3.8, 4) is 0 Å². The zero-order chi connectivity index (χ0) is 19.8. The van der Waals surface area contributed by atoms with Gasteiger partial charge in [0.2, 0.25) is 11.8 Å². The molecule has 27 heavy (non-hydrogen) atoms. The van der Waals surface area contributed by atoms with Crippen LogP contribution in [0.25, 0.3) is 0 Å². The van der Waals surface area contributed by atoms with Crippen LogP contribution in [0, 0.1) is 6.92 Å². The number of carbonyl (C=O) groups excluding carboxylic acids is 3. The third kappa shape index (κ3) is 6.58. The van der Waals surface area contributed by atoms with Crippen LogP contribution in [0.2, 0.25) is 0 Å². The average molecular weight is 367 g/mol. The fourth-order valence-corrected chi connectivity index (χ4v) is 2.51. The van der Waals surface area contributed by atoms with E-state index >= 15 is 0 Å². The van der Waals surface area contributed by atoms with Gasteiger partial charge in [0.25, 0.3) is 5.91 Å². The second kappa shape index (κ2) is 9.52. The summed E-state index contributed by atoms with van der Waals surface area (Å²) in [6.45, 7) is 3.68. The normalized spacial score (nSPS) is 11.4. The summed E-state index contributed by atoms with van der Waals surface area (Å²) in [5, 5.41) is 5.55. The third-order valence-corrected chi connectivity index (χ3v) is 4.04. The lowest BCUT2D eigenvalue weighted by atomic mass is 10.1. The minimum atomic E-state index is -0.340. The van der Waals surface area contributed by atoms with Crippen LogP contribution in [-0.2, 0) is 9.59 Å². The number of likely N-dealkylation sites (N-methyl/N-ethyl adjacent to an activating group) is 1. The molecule has 0 unspecified atom stereocenters. The molecule has 2 aromatic rings. The van der Waals surface area contributed by atoms with Crippen molar-refractivity contribution in [3.63, 3.8) is 0 Å². The van der Waals surface area contributed by atoms with E-state index < -0.39 is 0 Å². The first-order valence-electron chi connectivity index (χ1n) is 8.81. The van der Waals surface area contributed by atoms with Crippen LogP contribution in [-0.4, -0.2) is 42.3 Å². The smallest absolute Gasteiger partial charge is 0.251 e. The van der Waals surface area contributed by atoms with Gasteiger partial charge in [0.1, 0.15) is 0 Å². The number of hydrogen-bond donors (Lipinski definition) is 2. The molecule has 0 saturated heterocycles. The van der Waals surface area contributed by atoms with Gasteiger partial charge in [-0.1, -0.05) is 35.9 Å². The van der Waals surface area contributed by atoms with E-state index in [1.807, 2.05) is 37.3 Å². The van der Waals surface area contributed by atoms with Crippen molar-refractivity contribution in [1.29, 1.82) is 0 Å². The van der Waals surface area contributed by atoms with Crippen molar-refractivity contribution >= 4 is 23.4 Å². The maximum Gasteiger partial charge on any atom is 0.251 e. The van der Waals surface area contributed by atoms with Crippen LogP contribution in [0.4, 0.5) is 5.69 Å². The molecule has 6 heteroatoms. The van der Waals surface area contributed by atoms with Crippen molar-refractivity contribution in [2.75, 3.05) is 18.9 Å². The van der Waals surface area contributed by atoms with Gasteiger partial charge in [0.05, 0.1) is 6.54 Å². The van der Waals surface area contributed by atoms with Gasteiger partial charge in [0.15, 0.2) is 0 Å². The van der Waals surface area contributed by atoms with Crippen LogP contribution in [0.1, 0.15) is 29.3 Å². The minimum absolute atomic E-state index is 0.0495. The molecule has 0 saturated carbocycles. The van der Waals surface area contributed by atoms with Gasteiger partial charge >= 0.3 is 0 Å². The zero-order valence-electron chi connectivity index (χ0n) is 15.9. The molecule has 0 heterocycles. The summed E-state index contributed by atoms with van der Waals surface area (Å²) in [5.41, 5.74) is 2.34. The molecule has 0 aliphatic carbocycles.